The summed E-state index contributed by atoms with van der Waals surface area (Å²) in [5.41, 5.74) is 2.92. The minimum atomic E-state index is -0.356. The number of amides is 2. The second-order valence-corrected chi connectivity index (χ2v) is 6.79. The van der Waals surface area contributed by atoms with Gasteiger partial charge in [-0.3, -0.25) is 9.59 Å². The van der Waals surface area contributed by atoms with E-state index < -0.39 is 0 Å². The normalized spacial score (nSPS) is 15.0. The van der Waals surface area contributed by atoms with Gasteiger partial charge in [-0.05, 0) is 38.0 Å². The van der Waals surface area contributed by atoms with Crippen LogP contribution in [0.3, 0.4) is 0 Å². The van der Waals surface area contributed by atoms with E-state index in [0.29, 0.717) is 37.3 Å². The Hall–Kier alpha value is -2.63. The number of benzene rings is 1. The maximum absolute atomic E-state index is 13.8. The molecule has 3 rings (SSSR count). The molecule has 0 atom stereocenters. The van der Waals surface area contributed by atoms with Crippen molar-refractivity contribution in [1.82, 2.24) is 14.8 Å². The molecule has 0 radical (unpaired) electrons. The molecule has 1 aromatic heterocycles. The van der Waals surface area contributed by atoms with Crippen molar-refractivity contribution >= 4 is 11.8 Å². The molecule has 1 aliphatic rings. The molecule has 0 saturated carbocycles. The van der Waals surface area contributed by atoms with Gasteiger partial charge in [0.25, 0.3) is 5.91 Å². The Labute approximate surface area is 152 Å². The summed E-state index contributed by atoms with van der Waals surface area (Å²) in [6, 6.07) is 8.22. The van der Waals surface area contributed by atoms with Crippen LogP contribution in [0.1, 0.15) is 33.7 Å². The Morgan fingerprint density at radius 3 is 2.46 bits per heavy atom. The van der Waals surface area contributed by atoms with E-state index in [1.165, 1.54) is 6.07 Å². The molecule has 2 aromatic rings. The van der Waals surface area contributed by atoms with Crippen molar-refractivity contribution in [2.75, 3.05) is 26.2 Å². The minimum absolute atomic E-state index is 0.00440. The zero-order valence-corrected chi connectivity index (χ0v) is 15.2. The average molecular weight is 357 g/mol. The van der Waals surface area contributed by atoms with Crippen molar-refractivity contribution in [3.63, 3.8) is 0 Å². The van der Waals surface area contributed by atoms with E-state index in [-0.39, 0.29) is 24.1 Å². The molecule has 1 aromatic carbocycles. The Bertz CT molecular complexity index is 815. The minimum Gasteiger partial charge on any atom is -0.362 e. The molecule has 6 heteroatoms. The lowest BCUT2D eigenvalue weighted by Crippen LogP contribution is -2.38. The molecule has 5 nitrogen and oxygen atoms in total. The largest absolute Gasteiger partial charge is 0.362 e. The molecule has 2 amide bonds. The lowest BCUT2D eigenvalue weighted by Gasteiger charge is -2.22. The summed E-state index contributed by atoms with van der Waals surface area (Å²) in [4.78, 5) is 32.0. The third kappa shape index (κ3) is 3.95. The van der Waals surface area contributed by atoms with Gasteiger partial charge in [-0.1, -0.05) is 18.2 Å². The number of nitrogens with one attached hydrogen (secondary N) is 1. The van der Waals surface area contributed by atoms with E-state index in [1.54, 1.807) is 28.0 Å². The van der Waals surface area contributed by atoms with Gasteiger partial charge in [0, 0.05) is 37.6 Å². The van der Waals surface area contributed by atoms with Gasteiger partial charge in [0.15, 0.2) is 0 Å². The van der Waals surface area contributed by atoms with Crippen molar-refractivity contribution in [1.29, 1.82) is 0 Å². The third-order valence-electron chi connectivity index (χ3n) is 4.82. The van der Waals surface area contributed by atoms with Crippen LogP contribution in [0.4, 0.5) is 4.39 Å². The zero-order valence-electron chi connectivity index (χ0n) is 15.2. The van der Waals surface area contributed by atoms with E-state index in [2.05, 4.69) is 4.98 Å². The van der Waals surface area contributed by atoms with E-state index in [4.69, 9.17) is 0 Å². The highest BCUT2D eigenvalue weighted by atomic mass is 19.1. The molecule has 0 spiro atoms. The first-order valence-corrected chi connectivity index (χ1v) is 8.92. The van der Waals surface area contributed by atoms with Gasteiger partial charge in [-0.15, -0.1) is 0 Å². The van der Waals surface area contributed by atoms with Gasteiger partial charge in [0.1, 0.15) is 5.82 Å². The molecule has 1 N–H and O–H groups in total. The highest BCUT2D eigenvalue weighted by Crippen LogP contribution is 2.15. The fraction of sp³-hybridized carbons (Fsp3) is 0.400. The number of hydrogen-bond donors (Lipinski definition) is 1. The van der Waals surface area contributed by atoms with Crippen LogP contribution in [0.2, 0.25) is 0 Å². The molecule has 0 bridgehead atoms. The van der Waals surface area contributed by atoms with Crippen LogP contribution in [0.25, 0.3) is 0 Å². The van der Waals surface area contributed by atoms with Crippen molar-refractivity contribution in [2.45, 2.75) is 26.7 Å². The van der Waals surface area contributed by atoms with Gasteiger partial charge in [0.05, 0.1) is 12.0 Å². The Morgan fingerprint density at radius 1 is 1.08 bits per heavy atom. The topological polar surface area (TPSA) is 56.4 Å². The fourth-order valence-corrected chi connectivity index (χ4v) is 3.40. The Morgan fingerprint density at radius 2 is 1.77 bits per heavy atom. The number of aromatic amines is 1. The molecular weight excluding hydrogens is 333 g/mol. The average Bonchev–Trinajstić information content (AvgIpc) is 2.82. The molecule has 138 valence electrons. The zero-order chi connectivity index (χ0) is 18.7. The SMILES string of the molecule is Cc1cc(C(=O)N2CCCN(C(=O)Cc3ccccc3F)CC2)c(C)[nH]1. The maximum atomic E-state index is 13.8. The summed E-state index contributed by atoms with van der Waals surface area (Å²) < 4.78 is 13.8. The molecule has 1 saturated heterocycles. The first-order chi connectivity index (χ1) is 12.5. The molecule has 0 unspecified atom stereocenters. The van der Waals surface area contributed by atoms with Crippen LogP contribution in [0.5, 0.6) is 0 Å². The second-order valence-electron chi connectivity index (χ2n) is 6.79. The van der Waals surface area contributed by atoms with E-state index in [1.807, 2.05) is 19.9 Å². The first kappa shape index (κ1) is 18.2. The second kappa shape index (κ2) is 7.72. The summed E-state index contributed by atoms with van der Waals surface area (Å²) in [6.45, 7) is 5.98. The predicted molar refractivity (Wildman–Crippen MR) is 97.5 cm³/mol. The van der Waals surface area contributed by atoms with Crippen molar-refractivity contribution in [2.24, 2.45) is 0 Å². The monoisotopic (exact) mass is 357 g/mol. The van der Waals surface area contributed by atoms with Gasteiger partial charge in [-0.2, -0.15) is 0 Å². The number of carbonyl (C=O) groups is 2. The number of hydrogen-bond acceptors (Lipinski definition) is 2. The summed E-state index contributed by atoms with van der Waals surface area (Å²) >= 11 is 0. The van der Waals surface area contributed by atoms with Gasteiger partial charge in [0.2, 0.25) is 5.91 Å². The standard InChI is InChI=1S/C20H24FN3O2/c1-14-12-17(15(2)22-14)20(26)24-9-5-8-23(10-11-24)19(25)13-16-6-3-4-7-18(16)21/h3-4,6-7,12,22H,5,8-11,13H2,1-2H3. The smallest absolute Gasteiger partial charge is 0.255 e. The molecule has 26 heavy (non-hydrogen) atoms. The number of carbonyl (C=O) groups excluding carboxylic acids is 2. The molecule has 1 aliphatic heterocycles. The number of aryl methyl sites for hydroxylation is 2. The summed E-state index contributed by atoms with van der Waals surface area (Å²) in [5, 5.41) is 0. The van der Waals surface area contributed by atoms with Gasteiger partial charge >= 0.3 is 0 Å². The lowest BCUT2D eigenvalue weighted by molar-refractivity contribution is -0.130. The summed E-state index contributed by atoms with van der Waals surface area (Å²) in [5.74, 6) is -0.459. The quantitative estimate of drug-likeness (QED) is 0.918. The summed E-state index contributed by atoms with van der Waals surface area (Å²) in [7, 11) is 0. The molecule has 0 aliphatic carbocycles. The van der Waals surface area contributed by atoms with Crippen molar-refractivity contribution < 1.29 is 14.0 Å². The van der Waals surface area contributed by atoms with Crippen LogP contribution in [0, 0.1) is 19.7 Å². The Balaban J connectivity index is 1.63. The highest BCUT2D eigenvalue weighted by Gasteiger charge is 2.24. The predicted octanol–water partition coefficient (Wildman–Crippen LogP) is 2.69. The summed E-state index contributed by atoms with van der Waals surface area (Å²) in [6.07, 6.45) is 0.772. The van der Waals surface area contributed by atoms with Crippen LogP contribution < -0.4 is 0 Å². The van der Waals surface area contributed by atoms with E-state index >= 15 is 0 Å². The van der Waals surface area contributed by atoms with Crippen LogP contribution >= 0.6 is 0 Å². The molecular formula is C20H24FN3O2. The number of nitrogens with zero attached hydrogens (tertiary/aromatic N) is 2. The number of aromatic nitrogens is 1. The van der Waals surface area contributed by atoms with Crippen molar-refractivity contribution in [3.05, 3.63) is 58.7 Å². The Kier molecular flexibility index (Phi) is 5.40. The molecule has 1 fully saturated rings. The first-order valence-electron chi connectivity index (χ1n) is 8.92. The van der Waals surface area contributed by atoms with Crippen LogP contribution in [-0.4, -0.2) is 52.8 Å². The third-order valence-corrected chi connectivity index (χ3v) is 4.82. The fourth-order valence-electron chi connectivity index (χ4n) is 3.40. The number of rotatable bonds is 3. The van der Waals surface area contributed by atoms with Gasteiger partial charge < -0.3 is 14.8 Å². The van der Waals surface area contributed by atoms with Crippen molar-refractivity contribution in [3.8, 4) is 0 Å². The van der Waals surface area contributed by atoms with Crippen LogP contribution in [0.15, 0.2) is 30.3 Å². The highest BCUT2D eigenvalue weighted by molar-refractivity contribution is 5.95. The molecule has 2 heterocycles. The van der Waals surface area contributed by atoms with E-state index in [0.717, 1.165) is 17.8 Å². The maximum Gasteiger partial charge on any atom is 0.255 e. The van der Waals surface area contributed by atoms with Crippen LogP contribution in [-0.2, 0) is 11.2 Å². The number of halogens is 1. The lowest BCUT2D eigenvalue weighted by atomic mass is 10.1. The van der Waals surface area contributed by atoms with Gasteiger partial charge in [-0.25, -0.2) is 4.39 Å². The number of H-pyrrole nitrogens is 1. The van der Waals surface area contributed by atoms with E-state index in [9.17, 15) is 14.0 Å².